The van der Waals surface area contributed by atoms with Crippen LogP contribution < -0.4 is 5.73 Å². The van der Waals surface area contributed by atoms with Gasteiger partial charge in [-0.25, -0.2) is 8.42 Å². The molecule has 0 aliphatic carbocycles. The molecule has 3 nitrogen and oxygen atoms in total. The van der Waals surface area contributed by atoms with Crippen molar-refractivity contribution in [2.45, 2.75) is 18.2 Å². The van der Waals surface area contributed by atoms with Gasteiger partial charge in [-0.1, -0.05) is 28.1 Å². The Balaban J connectivity index is 2.72. The number of thioether (sulfide) groups is 1. The van der Waals surface area contributed by atoms with Gasteiger partial charge in [0.1, 0.15) is 9.84 Å². The molecule has 0 heterocycles. The highest BCUT2D eigenvalue weighted by Gasteiger charge is 2.17. The van der Waals surface area contributed by atoms with Crippen LogP contribution in [-0.2, 0) is 9.84 Å². The van der Waals surface area contributed by atoms with Gasteiger partial charge in [-0.05, 0) is 24.6 Å². The number of benzene rings is 1. The second kappa shape index (κ2) is 6.93. The third kappa shape index (κ3) is 5.73. The zero-order valence-corrected chi connectivity index (χ0v) is 13.7. The number of nitrogens with two attached hydrogens (primary N) is 1. The summed E-state index contributed by atoms with van der Waals surface area (Å²) in [6.45, 7) is 1.94. The molecule has 0 aromatic heterocycles. The molecular formula is C12H18BrNO2S2. The van der Waals surface area contributed by atoms with Crippen molar-refractivity contribution in [3.63, 3.8) is 0 Å². The Labute approximate surface area is 122 Å². The summed E-state index contributed by atoms with van der Waals surface area (Å²) in [7, 11) is -2.91. The molecule has 102 valence electrons. The van der Waals surface area contributed by atoms with Crippen molar-refractivity contribution in [1.29, 1.82) is 0 Å². The van der Waals surface area contributed by atoms with E-state index in [9.17, 15) is 8.42 Å². The zero-order chi connectivity index (χ0) is 13.8. The van der Waals surface area contributed by atoms with Gasteiger partial charge in [0.05, 0.1) is 5.75 Å². The summed E-state index contributed by atoms with van der Waals surface area (Å²) in [6.07, 6.45) is 1.26. The van der Waals surface area contributed by atoms with Crippen LogP contribution in [-0.4, -0.2) is 32.2 Å². The van der Waals surface area contributed by atoms with Crippen LogP contribution in [0.25, 0.3) is 0 Å². The second-order valence-corrected chi connectivity index (χ2v) is 8.76. The molecule has 0 spiro atoms. The van der Waals surface area contributed by atoms with E-state index >= 15 is 0 Å². The molecule has 18 heavy (non-hydrogen) atoms. The number of halogens is 1. The molecule has 0 aliphatic rings. The second-order valence-electron chi connectivity index (χ2n) is 4.34. The van der Waals surface area contributed by atoms with Crippen molar-refractivity contribution in [3.05, 3.63) is 34.3 Å². The maximum Gasteiger partial charge on any atom is 0.148 e. The molecule has 1 rings (SSSR count). The van der Waals surface area contributed by atoms with E-state index in [4.69, 9.17) is 5.73 Å². The zero-order valence-electron chi connectivity index (χ0n) is 10.5. The SMILES string of the molecule is CC(N)C(SCCS(C)(=O)=O)c1cccc(Br)c1. The lowest BCUT2D eigenvalue weighted by molar-refractivity contribution is 0.603. The quantitative estimate of drug-likeness (QED) is 0.855. The fourth-order valence-electron chi connectivity index (χ4n) is 1.56. The van der Waals surface area contributed by atoms with Gasteiger partial charge in [-0.3, -0.25) is 0 Å². The highest BCUT2D eigenvalue weighted by molar-refractivity contribution is 9.10. The van der Waals surface area contributed by atoms with Crippen molar-refractivity contribution in [3.8, 4) is 0 Å². The van der Waals surface area contributed by atoms with E-state index in [0.29, 0.717) is 5.75 Å². The van der Waals surface area contributed by atoms with Gasteiger partial charge in [0.25, 0.3) is 0 Å². The first-order valence-corrected chi connectivity index (χ1v) is 9.50. The van der Waals surface area contributed by atoms with E-state index in [0.717, 1.165) is 10.0 Å². The fourth-order valence-corrected chi connectivity index (χ4v) is 4.47. The minimum Gasteiger partial charge on any atom is -0.327 e. The smallest absolute Gasteiger partial charge is 0.148 e. The average molecular weight is 352 g/mol. The lowest BCUT2D eigenvalue weighted by Gasteiger charge is -2.21. The maximum atomic E-state index is 11.1. The predicted octanol–water partition coefficient (Wildman–Crippen LogP) is 2.62. The molecular weight excluding hydrogens is 334 g/mol. The predicted molar refractivity (Wildman–Crippen MR) is 82.7 cm³/mol. The Morgan fingerprint density at radius 1 is 1.44 bits per heavy atom. The molecule has 0 amide bonds. The van der Waals surface area contributed by atoms with E-state index in [1.165, 1.54) is 6.26 Å². The van der Waals surface area contributed by atoms with Gasteiger partial charge in [0.2, 0.25) is 0 Å². The summed E-state index contributed by atoms with van der Waals surface area (Å²) in [5, 5.41) is 0.115. The molecule has 2 atom stereocenters. The molecule has 0 aliphatic heterocycles. The molecule has 2 unspecified atom stereocenters. The lowest BCUT2D eigenvalue weighted by Crippen LogP contribution is -2.23. The van der Waals surface area contributed by atoms with Gasteiger partial charge in [-0.2, -0.15) is 11.8 Å². The monoisotopic (exact) mass is 351 g/mol. The number of hydrogen-bond donors (Lipinski definition) is 1. The van der Waals surface area contributed by atoms with Crippen LogP contribution in [0.1, 0.15) is 17.7 Å². The van der Waals surface area contributed by atoms with Crippen molar-refractivity contribution in [1.82, 2.24) is 0 Å². The van der Waals surface area contributed by atoms with Gasteiger partial charge in [0, 0.05) is 27.8 Å². The molecule has 0 radical (unpaired) electrons. The Hall–Kier alpha value is -0.0400. The Kier molecular flexibility index (Phi) is 6.17. The molecule has 1 aromatic rings. The standard InChI is InChI=1S/C12H18BrNO2S2/c1-9(14)12(17-6-7-18(2,15)16)10-4-3-5-11(13)8-10/h3-5,8-9,12H,6-7,14H2,1-2H3. The van der Waals surface area contributed by atoms with E-state index in [1.807, 2.05) is 31.2 Å². The summed E-state index contributed by atoms with van der Waals surface area (Å²) >= 11 is 5.03. The van der Waals surface area contributed by atoms with Crippen LogP contribution in [0.3, 0.4) is 0 Å². The van der Waals surface area contributed by atoms with Crippen LogP contribution in [0, 0.1) is 0 Å². The van der Waals surface area contributed by atoms with E-state index in [1.54, 1.807) is 11.8 Å². The normalized spacial score (nSPS) is 15.3. The third-order valence-corrected chi connectivity index (χ3v) is 5.60. The first-order valence-electron chi connectivity index (χ1n) is 5.60. The van der Waals surface area contributed by atoms with Crippen LogP contribution in [0.2, 0.25) is 0 Å². The van der Waals surface area contributed by atoms with Gasteiger partial charge >= 0.3 is 0 Å². The van der Waals surface area contributed by atoms with Crippen LogP contribution in [0.15, 0.2) is 28.7 Å². The van der Waals surface area contributed by atoms with Crippen molar-refractivity contribution in [2.24, 2.45) is 5.73 Å². The molecule has 0 saturated carbocycles. The van der Waals surface area contributed by atoms with E-state index < -0.39 is 9.84 Å². The molecule has 0 bridgehead atoms. The first-order chi connectivity index (χ1) is 8.29. The Morgan fingerprint density at radius 2 is 2.11 bits per heavy atom. The summed E-state index contributed by atoms with van der Waals surface area (Å²) in [5.41, 5.74) is 7.11. The Morgan fingerprint density at radius 3 is 2.61 bits per heavy atom. The number of rotatable bonds is 6. The topological polar surface area (TPSA) is 60.2 Å². The van der Waals surface area contributed by atoms with Gasteiger partial charge < -0.3 is 5.73 Å². The fraction of sp³-hybridized carbons (Fsp3) is 0.500. The lowest BCUT2D eigenvalue weighted by atomic mass is 10.1. The average Bonchev–Trinajstić information content (AvgIpc) is 2.22. The van der Waals surface area contributed by atoms with E-state index in [2.05, 4.69) is 15.9 Å². The molecule has 1 aromatic carbocycles. The van der Waals surface area contributed by atoms with Crippen LogP contribution in [0.4, 0.5) is 0 Å². The minimum absolute atomic E-state index is 0.0242. The molecule has 6 heteroatoms. The largest absolute Gasteiger partial charge is 0.327 e. The summed E-state index contributed by atoms with van der Waals surface area (Å²) < 4.78 is 23.3. The van der Waals surface area contributed by atoms with Crippen molar-refractivity contribution in [2.75, 3.05) is 17.8 Å². The van der Waals surface area contributed by atoms with Gasteiger partial charge in [-0.15, -0.1) is 0 Å². The van der Waals surface area contributed by atoms with Crippen LogP contribution >= 0.6 is 27.7 Å². The molecule has 0 fully saturated rings. The molecule has 2 N–H and O–H groups in total. The summed E-state index contributed by atoms with van der Waals surface area (Å²) in [6, 6.07) is 7.95. The Bertz CT molecular complexity index is 489. The molecule has 0 saturated heterocycles. The van der Waals surface area contributed by atoms with Crippen molar-refractivity contribution >= 4 is 37.5 Å². The van der Waals surface area contributed by atoms with Crippen molar-refractivity contribution < 1.29 is 8.42 Å². The highest BCUT2D eigenvalue weighted by atomic mass is 79.9. The summed E-state index contributed by atoms with van der Waals surface area (Å²) in [5.74, 6) is 0.756. The van der Waals surface area contributed by atoms with Gasteiger partial charge in [0.15, 0.2) is 0 Å². The first kappa shape index (κ1) is 16.0. The maximum absolute atomic E-state index is 11.1. The third-order valence-electron chi connectivity index (χ3n) is 2.41. The van der Waals surface area contributed by atoms with E-state index in [-0.39, 0.29) is 17.0 Å². The summed E-state index contributed by atoms with van der Waals surface area (Å²) in [4.78, 5) is 0. The highest BCUT2D eigenvalue weighted by Crippen LogP contribution is 2.32. The van der Waals surface area contributed by atoms with Crippen LogP contribution in [0.5, 0.6) is 0 Å². The number of hydrogen-bond acceptors (Lipinski definition) is 4. The minimum atomic E-state index is -2.91. The number of sulfone groups is 1.